The monoisotopic (exact) mass is 184 g/mol. The minimum absolute atomic E-state index is 0.518. The molecular weight excluding hydrogens is 176 g/mol. The van der Waals surface area contributed by atoms with Gasteiger partial charge < -0.3 is 9.84 Å². The highest BCUT2D eigenvalue weighted by molar-refractivity contribution is 7.10. The number of carboxylic acid groups (broad SMARTS) is 1. The van der Waals surface area contributed by atoms with Gasteiger partial charge in [0.1, 0.15) is 0 Å². The van der Waals surface area contributed by atoms with E-state index in [0.29, 0.717) is 6.61 Å². The van der Waals surface area contributed by atoms with Crippen LogP contribution in [0.1, 0.15) is 16.5 Å². The molecule has 0 aliphatic carbocycles. The van der Waals surface area contributed by atoms with E-state index in [9.17, 15) is 4.79 Å². The highest BCUT2D eigenvalue weighted by Crippen LogP contribution is 2.30. The van der Waals surface area contributed by atoms with Gasteiger partial charge in [-0.1, -0.05) is 0 Å². The van der Waals surface area contributed by atoms with Crippen LogP contribution in [0.2, 0.25) is 0 Å². The van der Waals surface area contributed by atoms with E-state index < -0.39 is 12.1 Å². The Bertz CT molecular complexity index is 305. The van der Waals surface area contributed by atoms with Crippen LogP contribution >= 0.6 is 11.3 Å². The quantitative estimate of drug-likeness (QED) is 0.718. The summed E-state index contributed by atoms with van der Waals surface area (Å²) in [6.07, 6.45) is 0.108. The molecule has 0 bridgehead atoms. The summed E-state index contributed by atoms with van der Waals surface area (Å²) in [6.45, 7) is 0.518. The number of hydrogen-bond acceptors (Lipinski definition) is 3. The first kappa shape index (κ1) is 7.76. The molecule has 12 heavy (non-hydrogen) atoms. The number of hydrogen-bond donors (Lipinski definition) is 1. The van der Waals surface area contributed by atoms with Crippen molar-refractivity contribution >= 4 is 17.3 Å². The number of aliphatic carboxylic acids is 1. The fourth-order valence-electron chi connectivity index (χ4n) is 1.35. The van der Waals surface area contributed by atoms with Crippen molar-refractivity contribution in [2.45, 2.75) is 12.5 Å². The summed E-state index contributed by atoms with van der Waals surface area (Å²) < 4.78 is 5.13. The van der Waals surface area contributed by atoms with Crippen LogP contribution in [-0.4, -0.2) is 17.7 Å². The molecule has 1 atom stereocenters. The molecule has 0 aromatic carbocycles. The van der Waals surface area contributed by atoms with E-state index in [1.54, 1.807) is 11.3 Å². The van der Waals surface area contributed by atoms with E-state index in [0.717, 1.165) is 16.9 Å². The Kier molecular flexibility index (Phi) is 1.86. The molecule has 64 valence electrons. The molecule has 1 aliphatic rings. The highest BCUT2D eigenvalue weighted by atomic mass is 32.1. The minimum Gasteiger partial charge on any atom is -0.479 e. The lowest BCUT2D eigenvalue weighted by Gasteiger charge is -2.19. The average molecular weight is 184 g/mol. The van der Waals surface area contributed by atoms with Crippen LogP contribution < -0.4 is 0 Å². The van der Waals surface area contributed by atoms with Crippen LogP contribution in [0.4, 0.5) is 0 Å². The molecule has 0 radical (unpaired) electrons. The minimum atomic E-state index is -0.894. The van der Waals surface area contributed by atoms with Crippen LogP contribution in [0, 0.1) is 0 Å². The molecule has 0 fully saturated rings. The van der Waals surface area contributed by atoms with Crippen LogP contribution in [0.5, 0.6) is 0 Å². The van der Waals surface area contributed by atoms with Gasteiger partial charge in [0.25, 0.3) is 0 Å². The standard InChI is InChI=1S/C8H8O3S/c9-8(10)7-5-2-4-12-6(5)1-3-11-7/h2,4,7H,1,3H2,(H,9,10)/t7-/m1/s1. The third-order valence-electron chi connectivity index (χ3n) is 1.90. The van der Waals surface area contributed by atoms with Gasteiger partial charge >= 0.3 is 5.97 Å². The Morgan fingerprint density at radius 2 is 2.58 bits per heavy atom. The zero-order valence-corrected chi connectivity index (χ0v) is 7.13. The first-order valence-electron chi connectivity index (χ1n) is 3.69. The SMILES string of the molecule is O=C(O)[C@@H]1OCCc2sccc21. The van der Waals surface area contributed by atoms with Gasteiger partial charge in [-0.25, -0.2) is 4.79 Å². The van der Waals surface area contributed by atoms with Gasteiger partial charge in [0.15, 0.2) is 6.10 Å². The van der Waals surface area contributed by atoms with Crippen molar-refractivity contribution < 1.29 is 14.6 Å². The number of rotatable bonds is 1. The molecule has 3 nitrogen and oxygen atoms in total. The molecule has 0 spiro atoms. The smallest absolute Gasteiger partial charge is 0.337 e. The summed E-state index contributed by atoms with van der Waals surface area (Å²) >= 11 is 1.60. The number of carbonyl (C=O) groups is 1. The van der Waals surface area contributed by atoms with Gasteiger partial charge in [0.05, 0.1) is 6.61 Å². The van der Waals surface area contributed by atoms with Gasteiger partial charge in [0, 0.05) is 16.9 Å². The van der Waals surface area contributed by atoms with E-state index in [1.807, 2.05) is 11.4 Å². The predicted molar refractivity (Wildman–Crippen MR) is 44.4 cm³/mol. The van der Waals surface area contributed by atoms with E-state index >= 15 is 0 Å². The molecule has 0 saturated carbocycles. The third-order valence-corrected chi connectivity index (χ3v) is 2.90. The largest absolute Gasteiger partial charge is 0.479 e. The number of carboxylic acids is 1. The second-order valence-corrected chi connectivity index (χ2v) is 3.64. The summed E-state index contributed by atoms with van der Waals surface area (Å²) in [5.41, 5.74) is 0.832. The van der Waals surface area contributed by atoms with Crippen LogP contribution in [0.25, 0.3) is 0 Å². The van der Waals surface area contributed by atoms with Crippen molar-refractivity contribution in [2.24, 2.45) is 0 Å². The van der Waals surface area contributed by atoms with Crippen molar-refractivity contribution in [3.8, 4) is 0 Å². The van der Waals surface area contributed by atoms with Crippen molar-refractivity contribution in [2.75, 3.05) is 6.61 Å². The van der Waals surface area contributed by atoms with Crippen molar-refractivity contribution in [3.63, 3.8) is 0 Å². The van der Waals surface area contributed by atoms with Crippen molar-refractivity contribution in [1.29, 1.82) is 0 Å². The Balaban J connectivity index is 2.37. The second kappa shape index (κ2) is 2.88. The van der Waals surface area contributed by atoms with E-state index in [2.05, 4.69) is 0 Å². The predicted octanol–water partition coefficient (Wildman–Crippen LogP) is 1.45. The molecule has 1 N–H and O–H groups in total. The summed E-state index contributed by atoms with van der Waals surface area (Å²) in [5.74, 6) is -0.894. The molecule has 2 heterocycles. The molecule has 0 unspecified atom stereocenters. The molecule has 1 aromatic heterocycles. The topological polar surface area (TPSA) is 46.5 Å². The van der Waals surface area contributed by atoms with Crippen LogP contribution in [-0.2, 0) is 16.0 Å². The lowest BCUT2D eigenvalue weighted by Crippen LogP contribution is -2.21. The molecule has 2 rings (SSSR count). The summed E-state index contributed by atoms with van der Waals surface area (Å²) in [5, 5.41) is 10.7. The summed E-state index contributed by atoms with van der Waals surface area (Å²) in [6, 6.07) is 1.83. The van der Waals surface area contributed by atoms with Gasteiger partial charge in [-0.15, -0.1) is 11.3 Å². The average Bonchev–Trinajstić information content (AvgIpc) is 2.49. The lowest BCUT2D eigenvalue weighted by atomic mass is 10.1. The third kappa shape index (κ3) is 1.13. The number of thiophene rings is 1. The second-order valence-electron chi connectivity index (χ2n) is 2.64. The first-order valence-corrected chi connectivity index (χ1v) is 4.57. The Labute approximate surface area is 73.6 Å². The van der Waals surface area contributed by atoms with E-state index in [-0.39, 0.29) is 0 Å². The Hall–Kier alpha value is -0.870. The molecule has 0 amide bonds. The van der Waals surface area contributed by atoms with Gasteiger partial charge in [-0.05, 0) is 11.4 Å². The van der Waals surface area contributed by atoms with E-state index in [4.69, 9.17) is 9.84 Å². The van der Waals surface area contributed by atoms with Crippen LogP contribution in [0.15, 0.2) is 11.4 Å². The van der Waals surface area contributed by atoms with Crippen LogP contribution in [0.3, 0.4) is 0 Å². The molecular formula is C8H8O3S. The van der Waals surface area contributed by atoms with Gasteiger partial charge in [-0.2, -0.15) is 0 Å². The highest BCUT2D eigenvalue weighted by Gasteiger charge is 2.27. The normalized spacial score (nSPS) is 21.8. The van der Waals surface area contributed by atoms with Gasteiger partial charge in [0.2, 0.25) is 0 Å². The number of ether oxygens (including phenoxy) is 1. The zero-order chi connectivity index (χ0) is 8.55. The molecule has 0 saturated heterocycles. The fraction of sp³-hybridized carbons (Fsp3) is 0.375. The lowest BCUT2D eigenvalue weighted by molar-refractivity contribution is -0.151. The zero-order valence-electron chi connectivity index (χ0n) is 6.32. The molecule has 1 aromatic rings. The van der Waals surface area contributed by atoms with Crippen molar-refractivity contribution in [1.82, 2.24) is 0 Å². The number of fused-ring (bicyclic) bond motifs is 1. The Morgan fingerprint density at radius 1 is 1.75 bits per heavy atom. The van der Waals surface area contributed by atoms with Gasteiger partial charge in [-0.3, -0.25) is 0 Å². The maximum absolute atomic E-state index is 10.7. The fourth-order valence-corrected chi connectivity index (χ4v) is 2.24. The van der Waals surface area contributed by atoms with E-state index in [1.165, 1.54) is 0 Å². The summed E-state index contributed by atoms with van der Waals surface area (Å²) in [4.78, 5) is 11.8. The summed E-state index contributed by atoms with van der Waals surface area (Å²) in [7, 11) is 0. The first-order chi connectivity index (χ1) is 5.79. The maximum atomic E-state index is 10.7. The molecule has 1 aliphatic heterocycles. The maximum Gasteiger partial charge on any atom is 0.337 e. The molecule has 4 heteroatoms. The Morgan fingerprint density at radius 3 is 3.33 bits per heavy atom. The van der Waals surface area contributed by atoms with Crippen molar-refractivity contribution in [3.05, 3.63) is 21.9 Å².